The van der Waals surface area contributed by atoms with Gasteiger partial charge in [-0.25, -0.2) is 14.3 Å². The summed E-state index contributed by atoms with van der Waals surface area (Å²) in [5.74, 6) is 0.434. The molecule has 176 valence electrons. The summed E-state index contributed by atoms with van der Waals surface area (Å²) in [6.07, 6.45) is 9.24. The van der Waals surface area contributed by atoms with Crippen molar-refractivity contribution < 1.29 is 0 Å². The van der Waals surface area contributed by atoms with Gasteiger partial charge in [0.05, 0.1) is 12.1 Å². The average Bonchev–Trinajstić information content (AvgIpc) is 3.46. The second kappa shape index (κ2) is 10.5. The molecule has 3 heterocycles. The first-order valence-corrected chi connectivity index (χ1v) is 11.6. The van der Waals surface area contributed by atoms with Crippen LogP contribution in [0.25, 0.3) is 22.0 Å². The zero-order valence-electron chi connectivity index (χ0n) is 18.8. The molecule has 1 aromatic carbocycles. The van der Waals surface area contributed by atoms with Crippen molar-refractivity contribution in [2.75, 3.05) is 0 Å². The summed E-state index contributed by atoms with van der Waals surface area (Å²) in [5.41, 5.74) is 0.967. The van der Waals surface area contributed by atoms with Gasteiger partial charge in [-0.05, 0) is 11.6 Å². The number of halogens is 1. The van der Waals surface area contributed by atoms with Gasteiger partial charge >= 0.3 is 5.69 Å². The molecule has 4 rings (SSSR count). The quantitative estimate of drug-likeness (QED) is 0.265. The molecule has 0 bridgehead atoms. The lowest BCUT2D eigenvalue weighted by molar-refractivity contribution is 0.675. The highest BCUT2D eigenvalue weighted by molar-refractivity contribution is 7.20. The van der Waals surface area contributed by atoms with Crippen molar-refractivity contribution in [1.29, 1.82) is 0 Å². The number of aryl methyl sites for hydroxylation is 1. The fourth-order valence-electron chi connectivity index (χ4n) is 3.38. The van der Waals surface area contributed by atoms with E-state index in [0.29, 0.717) is 31.5 Å². The number of aromatic nitrogens is 5. The Morgan fingerprint density at radius 3 is 2.69 bits per heavy atom. The van der Waals surface area contributed by atoms with E-state index >= 15 is 0 Å². The van der Waals surface area contributed by atoms with E-state index in [2.05, 4.69) is 28.2 Å². The number of aliphatic imine (C=N–C) groups is 1. The number of hydrogen-bond acceptors (Lipinski definition) is 6. The van der Waals surface area contributed by atoms with Crippen molar-refractivity contribution in [3.63, 3.8) is 0 Å². The number of thiophene rings is 1. The van der Waals surface area contributed by atoms with Gasteiger partial charge in [0.2, 0.25) is 0 Å². The van der Waals surface area contributed by atoms with Gasteiger partial charge in [-0.1, -0.05) is 67.2 Å². The monoisotopic (exact) mass is 504 g/mol. The van der Waals surface area contributed by atoms with E-state index in [1.54, 1.807) is 42.5 Å². The second-order valence-electron chi connectivity index (χ2n) is 7.41. The molecule has 0 atom stereocenters. The van der Waals surface area contributed by atoms with Gasteiger partial charge in [-0.2, -0.15) is 5.10 Å². The predicted octanol–water partition coefficient (Wildman–Crippen LogP) is 4.27. The Bertz CT molecular complexity index is 1620. The maximum Gasteiger partial charge on any atom is 0.336 e. The number of nitrogens with zero attached hydrogens (tertiary/aromatic N) is 6. The van der Waals surface area contributed by atoms with Crippen LogP contribution in [0.1, 0.15) is 16.3 Å². The second-order valence-corrected chi connectivity index (χ2v) is 8.92. The summed E-state index contributed by atoms with van der Waals surface area (Å²) in [6, 6.07) is 11.2. The molecule has 35 heavy (non-hydrogen) atoms. The smallest absolute Gasteiger partial charge is 0.284 e. The van der Waals surface area contributed by atoms with Gasteiger partial charge < -0.3 is 0 Å². The Kier molecular flexibility index (Phi) is 7.19. The van der Waals surface area contributed by atoms with Crippen LogP contribution in [0, 0.1) is 0 Å². The lowest BCUT2D eigenvalue weighted by Crippen LogP contribution is -2.37. The molecule has 0 spiro atoms. The Balaban J connectivity index is 1.87. The highest BCUT2D eigenvalue weighted by Gasteiger charge is 2.18. The topological polar surface area (TPSA) is 87.1 Å². The summed E-state index contributed by atoms with van der Waals surface area (Å²) in [4.78, 5) is 35.8. The normalized spacial score (nSPS) is 12.2. The average molecular weight is 505 g/mol. The maximum absolute atomic E-state index is 13.4. The summed E-state index contributed by atoms with van der Waals surface area (Å²) in [6.45, 7) is 7.59. The molecule has 3 aromatic heterocycles. The molecule has 0 saturated heterocycles. The summed E-state index contributed by atoms with van der Waals surface area (Å²) in [7, 11) is 1.74. The number of allylic oxidation sites excluding steroid dienone is 4. The van der Waals surface area contributed by atoms with E-state index in [1.807, 2.05) is 30.3 Å². The Hall–Kier alpha value is -4.08. The molecule has 8 nitrogen and oxygen atoms in total. The fraction of sp³-hybridized carbons (Fsp3) is 0.0800. The van der Waals surface area contributed by atoms with Gasteiger partial charge in [0.15, 0.2) is 5.82 Å². The Labute approximate surface area is 209 Å². The summed E-state index contributed by atoms with van der Waals surface area (Å²) >= 11 is 7.41. The molecule has 0 amide bonds. The highest BCUT2D eigenvalue weighted by atomic mass is 35.5. The van der Waals surface area contributed by atoms with E-state index in [0.717, 1.165) is 10.1 Å². The van der Waals surface area contributed by atoms with Crippen LogP contribution in [0.4, 0.5) is 0 Å². The largest absolute Gasteiger partial charge is 0.336 e. The Morgan fingerprint density at radius 2 is 2.03 bits per heavy atom. The van der Waals surface area contributed by atoms with Gasteiger partial charge in [0.1, 0.15) is 11.0 Å². The standard InChI is InChI=1S/C25H21ClN6O2S/c1-4-8-19(17(2)26)21-13-20-23(35-21)24(33)31(12-11-27-14-18-9-6-5-7-10-18)25(34)32(20)15-22-28-16-30(3)29-22/h4-14,16H,1-2,15H2,3H3/b12-11+,19-8+,27-14?. The van der Waals surface area contributed by atoms with Crippen molar-refractivity contribution in [2.24, 2.45) is 12.0 Å². The van der Waals surface area contributed by atoms with Crippen LogP contribution in [0.5, 0.6) is 0 Å². The minimum Gasteiger partial charge on any atom is -0.284 e. The molecule has 4 aromatic rings. The van der Waals surface area contributed by atoms with E-state index in [4.69, 9.17) is 11.6 Å². The predicted molar refractivity (Wildman–Crippen MR) is 143 cm³/mol. The van der Waals surface area contributed by atoms with E-state index in [-0.39, 0.29) is 6.54 Å². The number of hydrogen-bond donors (Lipinski definition) is 0. The molecule has 0 aliphatic rings. The zero-order valence-corrected chi connectivity index (χ0v) is 20.4. The van der Waals surface area contributed by atoms with Crippen LogP contribution in [0.2, 0.25) is 0 Å². The Morgan fingerprint density at radius 1 is 1.26 bits per heavy atom. The molecule has 0 aliphatic carbocycles. The number of fused-ring (bicyclic) bond motifs is 1. The summed E-state index contributed by atoms with van der Waals surface area (Å²) < 4.78 is 4.41. The third-order valence-corrected chi connectivity index (χ3v) is 6.32. The highest BCUT2D eigenvalue weighted by Crippen LogP contribution is 2.33. The molecule has 0 radical (unpaired) electrons. The molecule has 0 N–H and O–H groups in total. The first-order valence-electron chi connectivity index (χ1n) is 10.4. The van der Waals surface area contributed by atoms with Gasteiger partial charge in [0, 0.05) is 41.1 Å². The molecule has 0 fully saturated rings. The lowest BCUT2D eigenvalue weighted by Gasteiger charge is -2.07. The molecular formula is C25H21ClN6O2S. The van der Waals surface area contributed by atoms with Crippen molar-refractivity contribution in [3.05, 3.63) is 116 Å². The molecule has 0 saturated carbocycles. The van der Waals surface area contributed by atoms with Crippen molar-refractivity contribution >= 4 is 51.1 Å². The SMILES string of the molecule is C=C/C=C(\C(=C)Cl)c1cc2c(s1)c(=O)n(/C=C/N=Cc1ccccc1)c(=O)n2Cc1ncn(C)n1. The summed E-state index contributed by atoms with van der Waals surface area (Å²) in [5, 5.41) is 4.57. The lowest BCUT2D eigenvalue weighted by atomic mass is 10.2. The van der Waals surface area contributed by atoms with Gasteiger partial charge in [-0.3, -0.25) is 19.0 Å². The molecular weight excluding hydrogens is 484 g/mol. The first-order chi connectivity index (χ1) is 16.9. The fourth-order valence-corrected chi connectivity index (χ4v) is 4.75. The van der Waals surface area contributed by atoms with Gasteiger partial charge in [0.25, 0.3) is 5.56 Å². The third-order valence-electron chi connectivity index (χ3n) is 4.97. The van der Waals surface area contributed by atoms with Crippen LogP contribution in [-0.4, -0.2) is 30.1 Å². The van der Waals surface area contributed by atoms with E-state index in [9.17, 15) is 9.59 Å². The van der Waals surface area contributed by atoms with E-state index < -0.39 is 11.2 Å². The minimum absolute atomic E-state index is 0.0794. The van der Waals surface area contributed by atoms with Crippen LogP contribution < -0.4 is 11.2 Å². The molecule has 0 unspecified atom stereocenters. The van der Waals surface area contributed by atoms with Crippen molar-refractivity contribution in [2.45, 2.75) is 6.54 Å². The molecule has 0 aliphatic heterocycles. The van der Waals surface area contributed by atoms with Crippen LogP contribution >= 0.6 is 22.9 Å². The first kappa shape index (κ1) is 24.1. The third kappa shape index (κ3) is 5.21. The number of benzene rings is 1. The van der Waals surface area contributed by atoms with E-state index in [1.165, 1.54) is 28.3 Å². The zero-order chi connectivity index (χ0) is 24.9. The molecule has 10 heteroatoms. The van der Waals surface area contributed by atoms with Crippen molar-refractivity contribution in [3.8, 4) is 0 Å². The minimum atomic E-state index is -0.538. The van der Waals surface area contributed by atoms with Crippen molar-refractivity contribution in [1.82, 2.24) is 23.9 Å². The van der Waals surface area contributed by atoms with Gasteiger partial charge in [-0.15, -0.1) is 11.3 Å². The van der Waals surface area contributed by atoms with Crippen LogP contribution in [0.3, 0.4) is 0 Å². The van der Waals surface area contributed by atoms with Crippen LogP contribution in [-0.2, 0) is 13.6 Å². The maximum atomic E-state index is 13.4. The number of rotatable bonds is 8. The van der Waals surface area contributed by atoms with Crippen LogP contribution in [0.15, 0.2) is 93.8 Å².